The van der Waals surface area contributed by atoms with Crippen LogP contribution in [0, 0.1) is 11.3 Å². The van der Waals surface area contributed by atoms with E-state index in [2.05, 4.69) is 6.92 Å². The number of aliphatic hydroxyl groups excluding tert-OH is 1. The molecular weight excluding hydrogens is 272 g/mol. The lowest BCUT2D eigenvalue weighted by Gasteiger charge is -2.48. The molecule has 20 heavy (non-hydrogen) atoms. The lowest BCUT2D eigenvalue weighted by atomic mass is 9.61. The summed E-state index contributed by atoms with van der Waals surface area (Å²) in [5.74, 6) is 0.562. The van der Waals surface area contributed by atoms with E-state index in [0.717, 1.165) is 38.5 Å². The highest BCUT2D eigenvalue weighted by Crippen LogP contribution is 2.47. The van der Waals surface area contributed by atoms with E-state index in [1.807, 2.05) is 4.90 Å². The second-order valence-corrected chi connectivity index (χ2v) is 6.91. The maximum absolute atomic E-state index is 13.0. The minimum atomic E-state index is -0.638. The van der Waals surface area contributed by atoms with Gasteiger partial charge in [-0.1, -0.05) is 38.4 Å². The van der Waals surface area contributed by atoms with Gasteiger partial charge >= 0.3 is 0 Å². The zero-order valence-corrected chi connectivity index (χ0v) is 13.1. The first-order valence-electron chi connectivity index (χ1n) is 7.73. The smallest absolute Gasteiger partial charge is 0.235 e. The number of hydrogen-bond acceptors (Lipinski definition) is 3. The van der Waals surface area contributed by atoms with E-state index in [4.69, 9.17) is 18.0 Å². The van der Waals surface area contributed by atoms with Crippen molar-refractivity contribution in [1.82, 2.24) is 4.90 Å². The van der Waals surface area contributed by atoms with Gasteiger partial charge in [-0.05, 0) is 31.6 Å². The Bertz CT molecular complexity index is 374. The Labute approximate surface area is 126 Å². The van der Waals surface area contributed by atoms with Crippen LogP contribution in [0.3, 0.4) is 0 Å². The summed E-state index contributed by atoms with van der Waals surface area (Å²) in [6, 6.07) is 0.255. The van der Waals surface area contributed by atoms with Crippen LogP contribution < -0.4 is 5.73 Å². The van der Waals surface area contributed by atoms with Crippen molar-refractivity contribution in [3.05, 3.63) is 0 Å². The molecule has 2 aliphatic carbocycles. The molecule has 4 nitrogen and oxygen atoms in total. The predicted molar refractivity (Wildman–Crippen MR) is 83.3 cm³/mol. The Hall–Kier alpha value is -0.680. The molecular formula is C15H26N2O2S. The average Bonchev–Trinajstić information content (AvgIpc) is 2.41. The first-order valence-corrected chi connectivity index (χ1v) is 8.14. The van der Waals surface area contributed by atoms with Gasteiger partial charge in [0.05, 0.1) is 17.0 Å². The number of thiocarbonyl (C=S) groups is 1. The molecule has 1 amide bonds. The van der Waals surface area contributed by atoms with Crippen LogP contribution in [0.4, 0.5) is 0 Å². The van der Waals surface area contributed by atoms with Crippen LogP contribution in [0.1, 0.15) is 51.9 Å². The van der Waals surface area contributed by atoms with E-state index in [1.54, 1.807) is 0 Å². The van der Waals surface area contributed by atoms with Crippen molar-refractivity contribution in [3.63, 3.8) is 0 Å². The molecule has 2 aliphatic rings. The van der Waals surface area contributed by atoms with E-state index in [-0.39, 0.29) is 18.6 Å². The van der Waals surface area contributed by atoms with E-state index in [0.29, 0.717) is 17.5 Å². The minimum Gasteiger partial charge on any atom is -0.395 e. The molecule has 0 bridgehead atoms. The first-order chi connectivity index (χ1) is 9.51. The van der Waals surface area contributed by atoms with Crippen LogP contribution in [0.15, 0.2) is 0 Å². The van der Waals surface area contributed by atoms with Gasteiger partial charge in [-0.2, -0.15) is 0 Å². The maximum Gasteiger partial charge on any atom is 0.235 e. The van der Waals surface area contributed by atoms with Gasteiger partial charge in [0, 0.05) is 12.6 Å². The van der Waals surface area contributed by atoms with Gasteiger partial charge in [-0.15, -0.1) is 0 Å². The number of nitrogens with zero attached hydrogens (tertiary/aromatic N) is 1. The second kappa shape index (κ2) is 6.39. The molecule has 0 saturated heterocycles. The summed E-state index contributed by atoms with van der Waals surface area (Å²) < 4.78 is 0. The van der Waals surface area contributed by atoms with E-state index in [1.165, 1.54) is 6.42 Å². The Morgan fingerprint density at radius 2 is 1.95 bits per heavy atom. The van der Waals surface area contributed by atoms with Crippen molar-refractivity contribution in [2.24, 2.45) is 17.1 Å². The van der Waals surface area contributed by atoms with Crippen molar-refractivity contribution in [2.75, 3.05) is 13.2 Å². The highest BCUT2D eigenvalue weighted by atomic mass is 32.1. The topological polar surface area (TPSA) is 66.6 Å². The SMILES string of the molecule is CC1CC(C(=O)N(CCO)C2CCCCC2)(C(N)=S)C1. The summed E-state index contributed by atoms with van der Waals surface area (Å²) >= 11 is 5.18. The summed E-state index contributed by atoms with van der Waals surface area (Å²) in [5.41, 5.74) is 5.24. The lowest BCUT2D eigenvalue weighted by molar-refractivity contribution is -0.148. The van der Waals surface area contributed by atoms with Gasteiger partial charge in [0.1, 0.15) is 0 Å². The molecule has 0 unspecified atom stereocenters. The van der Waals surface area contributed by atoms with Crippen molar-refractivity contribution in [1.29, 1.82) is 0 Å². The van der Waals surface area contributed by atoms with Crippen molar-refractivity contribution in [2.45, 2.75) is 57.9 Å². The summed E-state index contributed by atoms with van der Waals surface area (Å²) in [7, 11) is 0. The molecule has 0 aromatic carbocycles. The number of hydrogen-bond donors (Lipinski definition) is 2. The third-order valence-corrected chi connectivity index (χ3v) is 5.28. The third-order valence-electron chi connectivity index (χ3n) is 4.89. The number of amides is 1. The molecule has 0 aromatic rings. The van der Waals surface area contributed by atoms with Crippen molar-refractivity contribution >= 4 is 23.1 Å². The molecule has 114 valence electrons. The van der Waals surface area contributed by atoms with Gasteiger partial charge in [-0.3, -0.25) is 4.79 Å². The normalized spacial score (nSPS) is 30.6. The Balaban J connectivity index is 2.15. The largest absolute Gasteiger partial charge is 0.395 e. The van der Waals surface area contributed by atoms with Crippen molar-refractivity contribution in [3.8, 4) is 0 Å². The lowest BCUT2D eigenvalue weighted by Crippen LogP contribution is -2.59. The molecule has 0 spiro atoms. The molecule has 0 atom stereocenters. The highest BCUT2D eigenvalue weighted by molar-refractivity contribution is 7.80. The highest BCUT2D eigenvalue weighted by Gasteiger charge is 2.53. The molecule has 2 rings (SSSR count). The van der Waals surface area contributed by atoms with Crippen molar-refractivity contribution < 1.29 is 9.90 Å². The number of aliphatic hydroxyl groups is 1. The fraction of sp³-hybridized carbons (Fsp3) is 0.867. The second-order valence-electron chi connectivity index (χ2n) is 6.47. The minimum absolute atomic E-state index is 0.00517. The summed E-state index contributed by atoms with van der Waals surface area (Å²) in [6.45, 7) is 2.54. The van der Waals surface area contributed by atoms with Gasteiger partial charge in [-0.25, -0.2) is 0 Å². The Morgan fingerprint density at radius 3 is 2.40 bits per heavy atom. The van der Waals surface area contributed by atoms with Crippen LogP contribution >= 0.6 is 12.2 Å². The Kier molecular flexibility index (Phi) is 5.02. The summed E-state index contributed by atoms with van der Waals surface area (Å²) in [6.07, 6.45) is 7.16. The zero-order valence-electron chi connectivity index (χ0n) is 12.3. The summed E-state index contributed by atoms with van der Waals surface area (Å²) in [5, 5.41) is 9.31. The average molecular weight is 298 g/mol. The van der Waals surface area contributed by atoms with Crippen LogP contribution in [0.2, 0.25) is 0 Å². The number of nitrogens with two attached hydrogens (primary N) is 1. The fourth-order valence-electron chi connectivity index (χ4n) is 3.84. The molecule has 0 aliphatic heterocycles. The van der Waals surface area contributed by atoms with E-state index >= 15 is 0 Å². The van der Waals surface area contributed by atoms with Gasteiger partial charge in [0.25, 0.3) is 0 Å². The van der Waals surface area contributed by atoms with Crippen LogP contribution in [0.5, 0.6) is 0 Å². The third kappa shape index (κ3) is 2.84. The van der Waals surface area contributed by atoms with E-state index < -0.39 is 5.41 Å². The Morgan fingerprint density at radius 1 is 1.35 bits per heavy atom. The number of carbonyl (C=O) groups excluding carboxylic acids is 1. The molecule has 2 saturated carbocycles. The van der Waals surface area contributed by atoms with E-state index in [9.17, 15) is 9.90 Å². The molecule has 2 fully saturated rings. The standard InChI is InChI=1S/C15H26N2O2S/c1-11-9-15(10-11,13(16)20)14(19)17(7-8-18)12-5-3-2-4-6-12/h11-12,18H,2-10H2,1H3,(H2,16,20). The molecule has 0 heterocycles. The fourth-order valence-corrected chi connectivity index (χ4v) is 4.09. The molecule has 0 radical (unpaired) electrons. The monoisotopic (exact) mass is 298 g/mol. The molecule has 5 heteroatoms. The first kappa shape index (κ1) is 15.7. The zero-order chi connectivity index (χ0) is 14.8. The molecule has 3 N–H and O–H groups in total. The predicted octanol–water partition coefficient (Wildman–Crippen LogP) is 1.84. The van der Waals surface area contributed by atoms with Gasteiger partial charge < -0.3 is 15.7 Å². The van der Waals surface area contributed by atoms with Gasteiger partial charge in [0.2, 0.25) is 5.91 Å². The van der Waals surface area contributed by atoms with Crippen LogP contribution in [-0.2, 0) is 4.79 Å². The van der Waals surface area contributed by atoms with Crippen LogP contribution in [0.25, 0.3) is 0 Å². The molecule has 0 aromatic heterocycles. The quantitative estimate of drug-likeness (QED) is 0.760. The number of carbonyl (C=O) groups is 1. The van der Waals surface area contributed by atoms with Gasteiger partial charge in [0.15, 0.2) is 0 Å². The maximum atomic E-state index is 13.0. The number of rotatable bonds is 5. The van der Waals surface area contributed by atoms with Crippen LogP contribution in [-0.4, -0.2) is 40.1 Å². The summed E-state index contributed by atoms with van der Waals surface area (Å²) in [4.78, 5) is 15.2.